The van der Waals surface area contributed by atoms with E-state index in [0.717, 1.165) is 5.57 Å². The molecule has 72 valence electrons. The van der Waals surface area contributed by atoms with Gasteiger partial charge in [0.2, 0.25) is 0 Å². The van der Waals surface area contributed by atoms with Gasteiger partial charge in [0.25, 0.3) is 0 Å². The standard InChI is InChI=1S/C13H15N/c1-4-12(9-10-14-3)13-7-5-11(2)6-8-13/h4-10H,3H2,1-2H3. The second-order valence-corrected chi connectivity index (χ2v) is 3.11. The molecule has 0 bridgehead atoms. The molecule has 1 nitrogen and oxygen atoms in total. The fourth-order valence-corrected chi connectivity index (χ4v) is 1.24. The quantitative estimate of drug-likeness (QED) is 0.504. The summed E-state index contributed by atoms with van der Waals surface area (Å²) < 4.78 is 0. The zero-order valence-electron chi connectivity index (χ0n) is 8.70. The van der Waals surface area contributed by atoms with Gasteiger partial charge in [0.1, 0.15) is 0 Å². The Balaban J connectivity index is 2.96. The summed E-state index contributed by atoms with van der Waals surface area (Å²) >= 11 is 0. The first kappa shape index (κ1) is 10.5. The van der Waals surface area contributed by atoms with Crippen molar-refractivity contribution in [2.75, 3.05) is 0 Å². The van der Waals surface area contributed by atoms with E-state index in [0.29, 0.717) is 0 Å². The van der Waals surface area contributed by atoms with Crippen LogP contribution in [0.2, 0.25) is 0 Å². The van der Waals surface area contributed by atoms with Gasteiger partial charge in [-0.05, 0) is 37.8 Å². The molecule has 1 heteroatoms. The number of rotatable bonds is 3. The molecule has 0 saturated heterocycles. The van der Waals surface area contributed by atoms with E-state index in [4.69, 9.17) is 0 Å². The minimum Gasteiger partial charge on any atom is -0.272 e. The molecular weight excluding hydrogens is 170 g/mol. The number of benzene rings is 1. The fraction of sp³-hybridized carbons (Fsp3) is 0.154. The molecule has 0 heterocycles. The summed E-state index contributed by atoms with van der Waals surface area (Å²) in [5.41, 5.74) is 3.64. The predicted molar refractivity (Wildman–Crippen MR) is 63.5 cm³/mol. The van der Waals surface area contributed by atoms with Crippen molar-refractivity contribution in [3.8, 4) is 0 Å². The molecule has 0 aliphatic carbocycles. The zero-order chi connectivity index (χ0) is 10.4. The largest absolute Gasteiger partial charge is 0.272 e. The molecule has 14 heavy (non-hydrogen) atoms. The predicted octanol–water partition coefficient (Wildman–Crippen LogP) is 3.61. The third kappa shape index (κ3) is 2.70. The van der Waals surface area contributed by atoms with Gasteiger partial charge in [-0.3, -0.25) is 4.99 Å². The van der Waals surface area contributed by atoms with Crippen molar-refractivity contribution >= 4 is 12.3 Å². The lowest BCUT2D eigenvalue weighted by Crippen LogP contribution is -1.80. The summed E-state index contributed by atoms with van der Waals surface area (Å²) in [7, 11) is 0. The zero-order valence-corrected chi connectivity index (χ0v) is 8.70. The van der Waals surface area contributed by atoms with Crippen LogP contribution in [0.25, 0.3) is 5.57 Å². The minimum absolute atomic E-state index is 1.16. The highest BCUT2D eigenvalue weighted by Gasteiger charge is 1.94. The van der Waals surface area contributed by atoms with Crippen molar-refractivity contribution in [3.63, 3.8) is 0 Å². The Morgan fingerprint density at radius 3 is 2.43 bits per heavy atom. The van der Waals surface area contributed by atoms with Crippen molar-refractivity contribution in [1.82, 2.24) is 0 Å². The van der Waals surface area contributed by atoms with E-state index in [1.54, 1.807) is 6.20 Å². The van der Waals surface area contributed by atoms with Crippen LogP contribution in [-0.4, -0.2) is 6.72 Å². The average Bonchev–Trinajstić information content (AvgIpc) is 2.21. The van der Waals surface area contributed by atoms with Crippen LogP contribution in [0.5, 0.6) is 0 Å². The van der Waals surface area contributed by atoms with E-state index >= 15 is 0 Å². The summed E-state index contributed by atoms with van der Waals surface area (Å²) in [5, 5.41) is 0. The van der Waals surface area contributed by atoms with Gasteiger partial charge in [-0.15, -0.1) is 0 Å². The lowest BCUT2D eigenvalue weighted by Gasteiger charge is -2.01. The Labute approximate surface area is 85.5 Å². The van der Waals surface area contributed by atoms with Crippen LogP contribution in [-0.2, 0) is 0 Å². The molecule has 0 radical (unpaired) electrons. The molecule has 0 N–H and O–H groups in total. The first-order chi connectivity index (χ1) is 6.77. The molecule has 0 aliphatic heterocycles. The monoisotopic (exact) mass is 185 g/mol. The van der Waals surface area contributed by atoms with Gasteiger partial charge in [-0.1, -0.05) is 35.9 Å². The Morgan fingerprint density at radius 1 is 1.29 bits per heavy atom. The van der Waals surface area contributed by atoms with Gasteiger partial charge >= 0.3 is 0 Å². The smallest absolute Gasteiger partial charge is 0.0266 e. The molecule has 0 aromatic heterocycles. The maximum atomic E-state index is 3.70. The number of nitrogens with zero attached hydrogens (tertiary/aromatic N) is 1. The Morgan fingerprint density at radius 2 is 1.93 bits per heavy atom. The molecule has 1 rings (SSSR count). The van der Waals surface area contributed by atoms with E-state index in [-0.39, 0.29) is 0 Å². The second-order valence-electron chi connectivity index (χ2n) is 3.11. The Bertz CT molecular complexity index is 355. The summed E-state index contributed by atoms with van der Waals surface area (Å²) in [6, 6.07) is 8.43. The normalized spacial score (nSPS) is 12.0. The minimum atomic E-state index is 1.16. The lowest BCUT2D eigenvalue weighted by molar-refractivity contribution is 1.45. The Hall–Kier alpha value is -1.63. The van der Waals surface area contributed by atoms with Crippen molar-refractivity contribution in [2.24, 2.45) is 4.99 Å². The SMILES string of the molecule is C=NC=CC(=CC)c1ccc(C)cc1. The highest BCUT2D eigenvalue weighted by atomic mass is 14.6. The molecule has 0 aliphatic rings. The van der Waals surface area contributed by atoms with Crippen molar-refractivity contribution < 1.29 is 0 Å². The van der Waals surface area contributed by atoms with Crippen LogP contribution in [0.4, 0.5) is 0 Å². The molecule has 0 spiro atoms. The van der Waals surface area contributed by atoms with Crippen molar-refractivity contribution in [3.05, 3.63) is 53.7 Å². The van der Waals surface area contributed by atoms with E-state index < -0.39 is 0 Å². The second kappa shape index (κ2) is 5.18. The summed E-state index contributed by atoms with van der Waals surface area (Å²) in [6.07, 6.45) is 5.72. The molecule has 0 saturated carbocycles. The third-order valence-electron chi connectivity index (χ3n) is 2.06. The summed E-state index contributed by atoms with van der Waals surface area (Å²) in [5.74, 6) is 0. The lowest BCUT2D eigenvalue weighted by atomic mass is 10.0. The summed E-state index contributed by atoms with van der Waals surface area (Å²) in [4.78, 5) is 3.70. The van der Waals surface area contributed by atoms with Crippen LogP contribution >= 0.6 is 0 Å². The van der Waals surface area contributed by atoms with Gasteiger partial charge in [0.15, 0.2) is 0 Å². The van der Waals surface area contributed by atoms with E-state index in [9.17, 15) is 0 Å². The topological polar surface area (TPSA) is 12.4 Å². The number of aliphatic imine (C=N–C) groups is 1. The highest BCUT2D eigenvalue weighted by molar-refractivity contribution is 5.73. The first-order valence-electron chi connectivity index (χ1n) is 4.63. The number of allylic oxidation sites excluding steroid dienone is 3. The van der Waals surface area contributed by atoms with Crippen LogP contribution in [0.3, 0.4) is 0 Å². The van der Waals surface area contributed by atoms with Gasteiger partial charge in [-0.2, -0.15) is 0 Å². The number of hydrogen-bond acceptors (Lipinski definition) is 1. The van der Waals surface area contributed by atoms with Gasteiger partial charge in [0, 0.05) is 6.20 Å². The number of aryl methyl sites for hydroxylation is 1. The molecule has 1 aromatic rings. The van der Waals surface area contributed by atoms with Crippen LogP contribution in [0.15, 0.2) is 47.6 Å². The van der Waals surface area contributed by atoms with Crippen molar-refractivity contribution in [1.29, 1.82) is 0 Å². The van der Waals surface area contributed by atoms with Crippen LogP contribution in [0, 0.1) is 6.92 Å². The molecule has 0 fully saturated rings. The molecule has 0 unspecified atom stereocenters. The van der Waals surface area contributed by atoms with Crippen LogP contribution in [0.1, 0.15) is 18.1 Å². The maximum Gasteiger partial charge on any atom is 0.0266 e. The van der Waals surface area contributed by atoms with Crippen LogP contribution < -0.4 is 0 Å². The van der Waals surface area contributed by atoms with E-state index in [1.807, 2.05) is 13.0 Å². The molecule has 0 amide bonds. The van der Waals surface area contributed by atoms with Gasteiger partial charge in [0.05, 0.1) is 0 Å². The number of hydrogen-bond donors (Lipinski definition) is 0. The van der Waals surface area contributed by atoms with E-state index in [1.165, 1.54) is 11.1 Å². The molecule has 1 aromatic carbocycles. The summed E-state index contributed by atoms with van der Waals surface area (Å²) in [6.45, 7) is 7.51. The first-order valence-corrected chi connectivity index (χ1v) is 4.63. The highest BCUT2D eigenvalue weighted by Crippen LogP contribution is 2.16. The molecule has 0 atom stereocenters. The fourth-order valence-electron chi connectivity index (χ4n) is 1.24. The van der Waals surface area contributed by atoms with Gasteiger partial charge < -0.3 is 0 Å². The third-order valence-corrected chi connectivity index (χ3v) is 2.06. The van der Waals surface area contributed by atoms with Crippen molar-refractivity contribution in [2.45, 2.75) is 13.8 Å². The van der Waals surface area contributed by atoms with Gasteiger partial charge in [-0.25, -0.2) is 0 Å². The Kier molecular flexibility index (Phi) is 3.86. The molecular formula is C13H15N. The van der Waals surface area contributed by atoms with E-state index in [2.05, 4.69) is 49.0 Å². The maximum absolute atomic E-state index is 3.70. The average molecular weight is 185 g/mol.